The maximum atomic E-state index is 12.9. The van der Waals surface area contributed by atoms with E-state index in [9.17, 15) is 14.4 Å². The van der Waals surface area contributed by atoms with Crippen molar-refractivity contribution in [3.8, 4) is 17.2 Å². The van der Waals surface area contributed by atoms with Crippen LogP contribution in [0.5, 0.6) is 17.2 Å². The lowest BCUT2D eigenvalue weighted by molar-refractivity contribution is -0.118. The molecule has 2 heterocycles. The molecule has 9 heteroatoms. The van der Waals surface area contributed by atoms with E-state index in [1.807, 2.05) is 25.1 Å². The fourth-order valence-corrected chi connectivity index (χ4v) is 5.94. The smallest absolute Gasteiger partial charge is 0.341 e. The maximum absolute atomic E-state index is 12.9. The number of benzene rings is 2. The van der Waals surface area contributed by atoms with Crippen molar-refractivity contribution in [2.75, 3.05) is 19.0 Å². The minimum absolute atomic E-state index is 0.0746. The van der Waals surface area contributed by atoms with E-state index in [0.717, 1.165) is 35.3 Å². The molecule has 196 valence electrons. The molecule has 2 aromatic carbocycles. The molecule has 2 aromatic heterocycles. The average molecular weight is 534 g/mol. The fourth-order valence-electron chi connectivity index (χ4n) is 4.53. The number of fused-ring (bicyclic) bond motifs is 2. The molecule has 38 heavy (non-hydrogen) atoms. The first-order valence-corrected chi connectivity index (χ1v) is 13.1. The van der Waals surface area contributed by atoms with Gasteiger partial charge in [0.15, 0.2) is 6.61 Å². The summed E-state index contributed by atoms with van der Waals surface area (Å²) in [5.41, 5.74) is 2.39. The van der Waals surface area contributed by atoms with Gasteiger partial charge in [-0.15, -0.1) is 11.3 Å². The second-order valence-electron chi connectivity index (χ2n) is 9.39. The van der Waals surface area contributed by atoms with Gasteiger partial charge >= 0.3 is 5.97 Å². The van der Waals surface area contributed by atoms with Crippen LogP contribution in [0.2, 0.25) is 0 Å². The van der Waals surface area contributed by atoms with Crippen molar-refractivity contribution in [1.29, 1.82) is 0 Å². The standard InChI is InChI=1S/C29H27NO7S/c1-16-5-4-6-19(11-16)37-23-14-36-22-13-18(8-10-20(22)27(23)32)35-15-25(31)30-28-26(29(33)34-3)21-9-7-17(2)12-24(21)38-28/h4-6,8,10-11,13-14,17H,7,9,12,15H2,1-3H3,(H,30,31). The number of anilines is 1. The molecule has 0 saturated heterocycles. The van der Waals surface area contributed by atoms with Gasteiger partial charge in [0.05, 0.1) is 18.1 Å². The minimum atomic E-state index is -0.455. The number of amides is 1. The highest BCUT2D eigenvalue weighted by molar-refractivity contribution is 7.17. The van der Waals surface area contributed by atoms with E-state index in [1.165, 1.54) is 24.7 Å². The number of ether oxygens (including phenoxy) is 3. The SMILES string of the molecule is COC(=O)c1c(NC(=O)COc2ccc3c(=O)c(Oc4cccc(C)c4)coc3c2)sc2c1CCC(C)C2. The van der Waals surface area contributed by atoms with E-state index in [1.54, 1.807) is 24.3 Å². The van der Waals surface area contributed by atoms with E-state index in [0.29, 0.717) is 39.0 Å². The summed E-state index contributed by atoms with van der Waals surface area (Å²) in [6.07, 6.45) is 3.90. The molecule has 8 nitrogen and oxygen atoms in total. The fraction of sp³-hybridized carbons (Fsp3) is 0.276. The summed E-state index contributed by atoms with van der Waals surface area (Å²) in [5.74, 6) is 0.630. The van der Waals surface area contributed by atoms with E-state index < -0.39 is 11.9 Å². The van der Waals surface area contributed by atoms with Gasteiger partial charge in [0.1, 0.15) is 28.3 Å². The number of thiophene rings is 1. The first-order chi connectivity index (χ1) is 18.3. The van der Waals surface area contributed by atoms with E-state index in [2.05, 4.69) is 12.2 Å². The molecule has 1 aliphatic carbocycles. The first kappa shape index (κ1) is 25.5. The molecular formula is C29H27NO7S. The molecule has 0 saturated carbocycles. The molecule has 4 aromatic rings. The molecule has 1 atom stereocenters. The van der Waals surface area contributed by atoms with Crippen LogP contribution in [0.4, 0.5) is 5.00 Å². The topological polar surface area (TPSA) is 104 Å². The summed E-state index contributed by atoms with van der Waals surface area (Å²) in [4.78, 5) is 39.2. The number of aryl methyl sites for hydroxylation is 1. The van der Waals surface area contributed by atoms with Gasteiger partial charge in [0.25, 0.3) is 5.91 Å². The molecule has 0 aliphatic heterocycles. The van der Waals surface area contributed by atoms with Crippen molar-refractivity contribution in [1.82, 2.24) is 0 Å². The molecule has 1 amide bonds. The summed E-state index contributed by atoms with van der Waals surface area (Å²) in [6, 6.07) is 12.1. The third-order valence-electron chi connectivity index (χ3n) is 6.46. The van der Waals surface area contributed by atoms with Gasteiger partial charge in [-0.3, -0.25) is 9.59 Å². The Bertz CT molecular complexity index is 1590. The molecular weight excluding hydrogens is 506 g/mol. The maximum Gasteiger partial charge on any atom is 0.341 e. The Balaban J connectivity index is 1.28. The lowest BCUT2D eigenvalue weighted by Gasteiger charge is -2.18. The van der Waals surface area contributed by atoms with Crippen molar-refractivity contribution in [3.63, 3.8) is 0 Å². The number of esters is 1. The number of carbonyl (C=O) groups is 2. The number of carbonyl (C=O) groups excluding carboxylic acids is 2. The van der Waals surface area contributed by atoms with Crippen LogP contribution in [0.3, 0.4) is 0 Å². The van der Waals surface area contributed by atoms with Crippen molar-refractivity contribution in [2.45, 2.75) is 33.1 Å². The third kappa shape index (κ3) is 5.28. The molecule has 1 aliphatic rings. The van der Waals surface area contributed by atoms with Gasteiger partial charge in [0.2, 0.25) is 11.2 Å². The second kappa shape index (κ2) is 10.7. The molecule has 1 N–H and O–H groups in total. The third-order valence-corrected chi connectivity index (χ3v) is 7.63. The van der Waals surface area contributed by atoms with Crippen molar-refractivity contribution >= 4 is 39.2 Å². The van der Waals surface area contributed by atoms with Crippen molar-refractivity contribution < 1.29 is 28.2 Å². The van der Waals surface area contributed by atoms with Crippen LogP contribution in [0.1, 0.15) is 39.7 Å². The van der Waals surface area contributed by atoms with E-state index in [-0.39, 0.29) is 17.8 Å². The van der Waals surface area contributed by atoms with Crippen molar-refractivity contribution in [2.24, 2.45) is 5.92 Å². The molecule has 0 radical (unpaired) electrons. The summed E-state index contributed by atoms with van der Waals surface area (Å²) in [6.45, 7) is 3.82. The van der Waals surface area contributed by atoms with Crippen LogP contribution in [-0.4, -0.2) is 25.6 Å². The number of rotatable bonds is 7. The zero-order valence-corrected chi connectivity index (χ0v) is 22.1. The summed E-state index contributed by atoms with van der Waals surface area (Å²) in [7, 11) is 1.34. The number of nitrogens with one attached hydrogen (secondary N) is 1. The Morgan fingerprint density at radius 3 is 2.79 bits per heavy atom. The number of methoxy groups -OCH3 is 1. The quantitative estimate of drug-likeness (QED) is 0.296. The highest BCUT2D eigenvalue weighted by atomic mass is 32.1. The second-order valence-corrected chi connectivity index (χ2v) is 10.5. The van der Waals surface area contributed by atoms with Gasteiger partial charge in [-0.05, 0) is 67.5 Å². The monoisotopic (exact) mass is 533 g/mol. The van der Waals surface area contributed by atoms with Crippen LogP contribution >= 0.6 is 11.3 Å². The number of hydrogen-bond acceptors (Lipinski definition) is 8. The van der Waals surface area contributed by atoms with Crippen LogP contribution in [0, 0.1) is 12.8 Å². The predicted molar refractivity (Wildman–Crippen MR) is 145 cm³/mol. The van der Waals surface area contributed by atoms with Crippen LogP contribution in [-0.2, 0) is 22.4 Å². The van der Waals surface area contributed by atoms with Crippen molar-refractivity contribution in [3.05, 3.63) is 80.5 Å². The molecule has 5 rings (SSSR count). The Labute approximate surface area is 223 Å². The van der Waals surface area contributed by atoms with Gasteiger partial charge in [-0.2, -0.15) is 0 Å². The molecule has 0 fully saturated rings. The molecule has 0 bridgehead atoms. The molecule has 1 unspecified atom stereocenters. The first-order valence-electron chi connectivity index (χ1n) is 12.3. The van der Waals surface area contributed by atoms with Gasteiger partial charge in [-0.25, -0.2) is 4.79 Å². The Morgan fingerprint density at radius 1 is 1.16 bits per heavy atom. The highest BCUT2D eigenvalue weighted by Gasteiger charge is 2.29. The Morgan fingerprint density at radius 2 is 2.00 bits per heavy atom. The Kier molecular flexibility index (Phi) is 7.20. The van der Waals surface area contributed by atoms with Gasteiger partial charge in [0, 0.05) is 10.9 Å². The summed E-state index contributed by atoms with van der Waals surface area (Å²) < 4.78 is 22.0. The summed E-state index contributed by atoms with van der Waals surface area (Å²) >= 11 is 1.42. The lowest BCUT2D eigenvalue weighted by atomic mass is 9.88. The average Bonchev–Trinajstić information content (AvgIpc) is 3.25. The normalized spacial score (nSPS) is 14.6. The van der Waals surface area contributed by atoms with E-state index >= 15 is 0 Å². The van der Waals surface area contributed by atoms with E-state index in [4.69, 9.17) is 18.6 Å². The predicted octanol–water partition coefficient (Wildman–Crippen LogP) is 5.88. The minimum Gasteiger partial charge on any atom is -0.484 e. The van der Waals surface area contributed by atoms with Gasteiger partial charge in [-0.1, -0.05) is 19.1 Å². The zero-order valence-electron chi connectivity index (χ0n) is 21.3. The van der Waals surface area contributed by atoms with Gasteiger partial charge < -0.3 is 23.9 Å². The lowest BCUT2D eigenvalue weighted by Crippen LogP contribution is -2.21. The van der Waals surface area contributed by atoms with Crippen LogP contribution < -0.4 is 20.2 Å². The Hall–Kier alpha value is -4.11. The zero-order chi connectivity index (χ0) is 26.8. The van der Waals surface area contributed by atoms with Crippen LogP contribution in [0.15, 0.2) is 57.9 Å². The highest BCUT2D eigenvalue weighted by Crippen LogP contribution is 2.40. The van der Waals surface area contributed by atoms with Crippen LogP contribution in [0.25, 0.3) is 11.0 Å². The number of hydrogen-bond donors (Lipinski definition) is 1. The molecule has 0 spiro atoms. The summed E-state index contributed by atoms with van der Waals surface area (Å²) in [5, 5.41) is 3.62. The largest absolute Gasteiger partial charge is 0.484 e.